The van der Waals surface area contributed by atoms with E-state index in [4.69, 9.17) is 9.73 Å². The Morgan fingerprint density at radius 1 is 1.16 bits per heavy atom. The number of benzene rings is 1. The van der Waals surface area contributed by atoms with Crippen molar-refractivity contribution < 1.29 is 9.13 Å². The molecule has 2 fully saturated rings. The minimum absolute atomic E-state index is 0. The fraction of sp³-hybridized carbons (Fsp3) is 0.696. The van der Waals surface area contributed by atoms with Gasteiger partial charge in [0.05, 0.1) is 19.2 Å². The van der Waals surface area contributed by atoms with Gasteiger partial charge in [-0.3, -0.25) is 9.89 Å². The molecule has 3 unspecified atom stereocenters. The van der Waals surface area contributed by atoms with Gasteiger partial charge in [-0.25, -0.2) is 4.39 Å². The highest BCUT2D eigenvalue weighted by atomic mass is 127. The summed E-state index contributed by atoms with van der Waals surface area (Å²) in [5.41, 5.74) is 1.01. The number of morpholine rings is 1. The Labute approximate surface area is 204 Å². The van der Waals surface area contributed by atoms with Crippen LogP contribution in [0.1, 0.15) is 39.4 Å². The predicted molar refractivity (Wildman–Crippen MR) is 136 cm³/mol. The molecular formula is C23H39FIN5O. The van der Waals surface area contributed by atoms with Crippen LogP contribution in [0.5, 0.6) is 0 Å². The van der Waals surface area contributed by atoms with Crippen LogP contribution in [0.3, 0.4) is 0 Å². The van der Waals surface area contributed by atoms with Crippen LogP contribution in [0, 0.1) is 5.82 Å². The van der Waals surface area contributed by atoms with Gasteiger partial charge < -0.3 is 19.9 Å². The molecule has 2 saturated heterocycles. The normalized spacial score (nSPS) is 24.5. The van der Waals surface area contributed by atoms with Crippen LogP contribution in [-0.2, 0) is 4.74 Å². The number of nitrogens with zero attached hydrogens (tertiary/aromatic N) is 4. The van der Waals surface area contributed by atoms with Crippen molar-refractivity contribution in [2.24, 2.45) is 4.99 Å². The van der Waals surface area contributed by atoms with E-state index in [9.17, 15) is 4.39 Å². The highest BCUT2D eigenvalue weighted by Crippen LogP contribution is 2.25. The number of piperazine rings is 1. The zero-order chi connectivity index (χ0) is 21.5. The number of halogens is 2. The maximum absolute atomic E-state index is 13.3. The summed E-state index contributed by atoms with van der Waals surface area (Å²) in [5.74, 6) is 0.724. The van der Waals surface area contributed by atoms with Crippen LogP contribution >= 0.6 is 24.0 Å². The molecule has 1 aromatic carbocycles. The smallest absolute Gasteiger partial charge is 0.194 e. The maximum atomic E-state index is 13.3. The van der Waals surface area contributed by atoms with E-state index in [1.165, 1.54) is 12.1 Å². The van der Waals surface area contributed by atoms with Gasteiger partial charge in [0.1, 0.15) is 11.9 Å². The van der Waals surface area contributed by atoms with E-state index < -0.39 is 0 Å². The molecule has 0 radical (unpaired) electrons. The van der Waals surface area contributed by atoms with Crippen molar-refractivity contribution in [3.8, 4) is 0 Å². The molecule has 3 atom stereocenters. The molecule has 0 saturated carbocycles. The average molecular weight is 548 g/mol. The number of hydrogen-bond donors (Lipinski definition) is 1. The lowest BCUT2D eigenvalue weighted by molar-refractivity contribution is -0.0605. The molecule has 0 aromatic heterocycles. The van der Waals surface area contributed by atoms with Crippen LogP contribution in [0.2, 0.25) is 0 Å². The summed E-state index contributed by atoms with van der Waals surface area (Å²) in [7, 11) is 0. The first-order valence-electron chi connectivity index (χ1n) is 11.4. The SMILES string of the molecule is CCNC(=NCC(C)N1CCN(CC)CC1)N1CC(C)OC(c2ccc(F)cc2)C1.I. The van der Waals surface area contributed by atoms with E-state index in [-0.39, 0.29) is 42.0 Å². The van der Waals surface area contributed by atoms with Gasteiger partial charge in [-0.2, -0.15) is 0 Å². The molecule has 6 nitrogen and oxygen atoms in total. The number of hydrogen-bond acceptors (Lipinski definition) is 4. The topological polar surface area (TPSA) is 43.3 Å². The van der Waals surface area contributed by atoms with Crippen LogP contribution in [0.15, 0.2) is 29.3 Å². The van der Waals surface area contributed by atoms with Crippen molar-refractivity contribution >= 4 is 29.9 Å². The van der Waals surface area contributed by atoms with E-state index in [1.807, 2.05) is 12.1 Å². The highest BCUT2D eigenvalue weighted by Gasteiger charge is 2.29. The summed E-state index contributed by atoms with van der Waals surface area (Å²) in [6.07, 6.45) is -0.00467. The third-order valence-electron chi connectivity index (χ3n) is 6.12. The first-order chi connectivity index (χ1) is 14.5. The third kappa shape index (κ3) is 7.54. The fourth-order valence-corrected chi connectivity index (χ4v) is 4.27. The average Bonchev–Trinajstić information content (AvgIpc) is 2.76. The molecule has 0 aliphatic carbocycles. The molecule has 2 aliphatic heterocycles. The van der Waals surface area contributed by atoms with Crippen molar-refractivity contribution in [2.45, 2.75) is 45.9 Å². The Morgan fingerprint density at radius 3 is 2.45 bits per heavy atom. The minimum Gasteiger partial charge on any atom is -0.367 e. The van der Waals surface area contributed by atoms with Crippen molar-refractivity contribution in [1.82, 2.24) is 20.0 Å². The first-order valence-corrected chi connectivity index (χ1v) is 11.4. The molecule has 31 heavy (non-hydrogen) atoms. The standard InChI is InChI=1S/C23H38FN5O.HI/c1-5-25-23(26-15-18(3)28-13-11-27(6-2)12-14-28)29-16-19(4)30-22(17-29)20-7-9-21(24)10-8-20;/h7-10,18-19,22H,5-6,11-17H2,1-4H3,(H,25,26);1H. The number of nitrogens with one attached hydrogen (secondary N) is 1. The molecule has 0 amide bonds. The Balaban J connectivity index is 0.00000341. The quantitative estimate of drug-likeness (QED) is 0.337. The molecule has 0 spiro atoms. The van der Waals surface area contributed by atoms with Gasteiger partial charge in [0, 0.05) is 45.3 Å². The summed E-state index contributed by atoms with van der Waals surface area (Å²) >= 11 is 0. The number of ether oxygens (including phenoxy) is 1. The van der Waals surface area contributed by atoms with E-state index in [0.717, 1.165) is 63.9 Å². The van der Waals surface area contributed by atoms with Crippen molar-refractivity contribution in [2.75, 3.05) is 58.9 Å². The molecular weight excluding hydrogens is 508 g/mol. The maximum Gasteiger partial charge on any atom is 0.194 e. The number of likely N-dealkylation sites (N-methyl/N-ethyl adjacent to an activating group) is 1. The lowest BCUT2D eigenvalue weighted by Gasteiger charge is -2.39. The lowest BCUT2D eigenvalue weighted by atomic mass is 10.1. The molecule has 176 valence electrons. The van der Waals surface area contributed by atoms with Crippen molar-refractivity contribution in [1.29, 1.82) is 0 Å². The predicted octanol–water partition coefficient (Wildman–Crippen LogP) is 3.20. The molecule has 0 bridgehead atoms. The second kappa shape index (κ2) is 12.9. The largest absolute Gasteiger partial charge is 0.367 e. The van der Waals surface area contributed by atoms with Gasteiger partial charge >= 0.3 is 0 Å². The van der Waals surface area contributed by atoms with Crippen molar-refractivity contribution in [3.63, 3.8) is 0 Å². The van der Waals surface area contributed by atoms with Crippen LogP contribution in [0.4, 0.5) is 4.39 Å². The summed E-state index contributed by atoms with van der Waals surface area (Å²) in [4.78, 5) is 12.3. The van der Waals surface area contributed by atoms with Gasteiger partial charge in [0.25, 0.3) is 0 Å². The summed E-state index contributed by atoms with van der Waals surface area (Å²) in [6.45, 7) is 17.5. The molecule has 1 aromatic rings. The zero-order valence-corrected chi connectivity index (χ0v) is 21.7. The summed E-state index contributed by atoms with van der Waals surface area (Å²) in [6, 6.07) is 7.06. The lowest BCUT2D eigenvalue weighted by Crippen LogP contribution is -2.52. The summed E-state index contributed by atoms with van der Waals surface area (Å²) in [5, 5.41) is 3.46. The van der Waals surface area contributed by atoms with E-state index >= 15 is 0 Å². The van der Waals surface area contributed by atoms with Gasteiger partial charge in [0.15, 0.2) is 5.96 Å². The third-order valence-corrected chi connectivity index (χ3v) is 6.12. The Hall–Kier alpha value is -0.970. The Morgan fingerprint density at radius 2 is 1.84 bits per heavy atom. The number of rotatable bonds is 6. The molecule has 1 N–H and O–H groups in total. The van der Waals surface area contributed by atoms with E-state index in [0.29, 0.717) is 12.6 Å². The summed E-state index contributed by atoms with van der Waals surface area (Å²) < 4.78 is 19.5. The fourth-order valence-electron chi connectivity index (χ4n) is 4.27. The Kier molecular flexibility index (Phi) is 10.9. The molecule has 3 rings (SSSR count). The van der Waals surface area contributed by atoms with Crippen LogP contribution in [-0.4, -0.2) is 91.7 Å². The van der Waals surface area contributed by atoms with Crippen LogP contribution in [0.25, 0.3) is 0 Å². The zero-order valence-electron chi connectivity index (χ0n) is 19.4. The second-order valence-electron chi connectivity index (χ2n) is 8.41. The van der Waals surface area contributed by atoms with Gasteiger partial charge in [-0.1, -0.05) is 19.1 Å². The number of aliphatic imine (C=N–C) groups is 1. The first kappa shape index (κ1) is 26.3. The van der Waals surface area contributed by atoms with Crippen molar-refractivity contribution in [3.05, 3.63) is 35.6 Å². The second-order valence-corrected chi connectivity index (χ2v) is 8.41. The van der Waals surface area contributed by atoms with E-state index in [1.54, 1.807) is 0 Å². The number of guanidine groups is 1. The highest BCUT2D eigenvalue weighted by molar-refractivity contribution is 14.0. The van der Waals surface area contributed by atoms with E-state index in [2.05, 4.69) is 47.7 Å². The van der Waals surface area contributed by atoms with Gasteiger partial charge in [0.2, 0.25) is 0 Å². The molecule has 2 heterocycles. The molecule has 8 heteroatoms. The molecule has 2 aliphatic rings. The van der Waals surface area contributed by atoms with Gasteiger partial charge in [-0.05, 0) is 45.0 Å². The van der Waals surface area contributed by atoms with Gasteiger partial charge in [-0.15, -0.1) is 24.0 Å². The monoisotopic (exact) mass is 547 g/mol. The van der Waals surface area contributed by atoms with Crippen LogP contribution < -0.4 is 5.32 Å². The Bertz CT molecular complexity index is 681. The minimum atomic E-state index is -0.219.